The third-order valence-corrected chi connectivity index (χ3v) is 4.82. The summed E-state index contributed by atoms with van der Waals surface area (Å²) in [5.74, 6) is 0.482. The second-order valence-corrected chi connectivity index (χ2v) is 6.34. The number of hydrogen-bond donors (Lipinski definition) is 2. The normalized spacial score (nSPS) is 16.1. The van der Waals surface area contributed by atoms with E-state index in [2.05, 4.69) is 23.4 Å². The minimum Gasteiger partial charge on any atom is -0.412 e. The molecule has 1 aromatic heterocycles. The molecule has 0 radical (unpaired) electrons. The fourth-order valence-corrected chi connectivity index (χ4v) is 3.47. The number of nitrogens with zero attached hydrogens (tertiary/aromatic N) is 2. The lowest BCUT2D eigenvalue weighted by Gasteiger charge is -2.22. The summed E-state index contributed by atoms with van der Waals surface area (Å²) in [6.07, 6.45) is 5.61. The number of benzene rings is 1. The molecule has 3 rings (SSSR count). The van der Waals surface area contributed by atoms with E-state index in [0.717, 1.165) is 59.9 Å². The summed E-state index contributed by atoms with van der Waals surface area (Å²) in [5.41, 5.74) is 4.50. The lowest BCUT2D eigenvalue weighted by Crippen LogP contribution is -2.26. The molecule has 0 spiro atoms. The van der Waals surface area contributed by atoms with Crippen LogP contribution >= 0.6 is 11.6 Å². The lowest BCUT2D eigenvalue weighted by atomic mass is 9.89. The minimum absolute atomic E-state index is 0.482. The Labute approximate surface area is 136 Å². The van der Waals surface area contributed by atoms with Gasteiger partial charge in [-0.15, -0.1) is 9.94 Å². The Balaban J connectivity index is 1.85. The number of aryl methyl sites for hydroxylation is 1. The molecule has 2 heterocycles. The molecule has 1 aliphatic heterocycles. The van der Waals surface area contributed by atoms with E-state index < -0.39 is 0 Å². The molecule has 22 heavy (non-hydrogen) atoms. The zero-order valence-electron chi connectivity index (χ0n) is 12.8. The molecule has 4 nitrogen and oxygen atoms in total. The van der Waals surface area contributed by atoms with Gasteiger partial charge in [0.1, 0.15) is 0 Å². The molecule has 1 aromatic carbocycles. The van der Waals surface area contributed by atoms with Gasteiger partial charge >= 0.3 is 0 Å². The van der Waals surface area contributed by atoms with Gasteiger partial charge in [-0.1, -0.05) is 30.7 Å². The van der Waals surface area contributed by atoms with Gasteiger partial charge in [-0.3, -0.25) is 0 Å². The minimum atomic E-state index is 0.482. The Morgan fingerprint density at radius 3 is 2.86 bits per heavy atom. The van der Waals surface area contributed by atoms with Gasteiger partial charge < -0.3 is 10.5 Å². The average molecular weight is 320 g/mol. The quantitative estimate of drug-likeness (QED) is 0.849. The van der Waals surface area contributed by atoms with E-state index in [-0.39, 0.29) is 0 Å². The maximum atomic E-state index is 9.76. The molecular weight excluding hydrogens is 298 g/mol. The first-order valence-electron chi connectivity index (χ1n) is 7.93. The van der Waals surface area contributed by atoms with Crippen LogP contribution in [0.3, 0.4) is 0 Å². The number of aromatic nitrogens is 2. The molecule has 2 N–H and O–H groups in total. The average Bonchev–Trinajstić information content (AvgIpc) is 2.90. The van der Waals surface area contributed by atoms with Crippen molar-refractivity contribution < 1.29 is 5.21 Å². The molecule has 2 aromatic rings. The summed E-state index contributed by atoms with van der Waals surface area (Å²) in [6.45, 7) is 4.16. The molecule has 5 heteroatoms. The zero-order chi connectivity index (χ0) is 15.5. The summed E-state index contributed by atoms with van der Waals surface area (Å²) in [4.78, 5) is 0.962. The summed E-state index contributed by atoms with van der Waals surface area (Å²) < 4.78 is 0. The molecule has 0 atom stereocenters. The molecule has 0 aliphatic carbocycles. The third kappa shape index (κ3) is 3.28. The van der Waals surface area contributed by atoms with E-state index in [9.17, 15) is 5.21 Å². The molecular formula is C17H22ClN3O. The second-order valence-electron chi connectivity index (χ2n) is 5.93. The van der Waals surface area contributed by atoms with E-state index in [4.69, 9.17) is 11.6 Å². The maximum absolute atomic E-state index is 9.76. The molecule has 0 amide bonds. The SMILES string of the molecule is CCc1cc(Cc2nn(O)cc2C2CCNCC2)ccc1Cl. The van der Waals surface area contributed by atoms with E-state index in [0.29, 0.717) is 5.92 Å². The van der Waals surface area contributed by atoms with Crippen LogP contribution in [0.25, 0.3) is 0 Å². The van der Waals surface area contributed by atoms with Gasteiger partial charge in [0.15, 0.2) is 0 Å². The topological polar surface area (TPSA) is 50.1 Å². The van der Waals surface area contributed by atoms with Crippen LogP contribution in [-0.2, 0) is 12.8 Å². The van der Waals surface area contributed by atoms with Crippen molar-refractivity contribution in [1.82, 2.24) is 15.3 Å². The molecule has 118 valence electrons. The van der Waals surface area contributed by atoms with E-state index in [1.807, 2.05) is 12.1 Å². The van der Waals surface area contributed by atoms with Crippen LogP contribution in [0.5, 0.6) is 0 Å². The highest BCUT2D eigenvalue weighted by atomic mass is 35.5. The van der Waals surface area contributed by atoms with Gasteiger partial charge in [0.25, 0.3) is 0 Å². The van der Waals surface area contributed by atoms with Crippen molar-refractivity contribution in [3.63, 3.8) is 0 Å². The van der Waals surface area contributed by atoms with Crippen LogP contribution in [0.2, 0.25) is 5.02 Å². The van der Waals surface area contributed by atoms with E-state index in [1.54, 1.807) is 6.20 Å². The first kappa shape index (κ1) is 15.4. The molecule has 1 fully saturated rings. The molecule has 0 unspecified atom stereocenters. The van der Waals surface area contributed by atoms with Gasteiger partial charge in [-0.2, -0.15) is 0 Å². The molecule has 0 saturated carbocycles. The highest BCUT2D eigenvalue weighted by Crippen LogP contribution is 2.29. The van der Waals surface area contributed by atoms with Gasteiger partial charge in [0, 0.05) is 17.0 Å². The highest BCUT2D eigenvalue weighted by molar-refractivity contribution is 6.31. The van der Waals surface area contributed by atoms with Crippen molar-refractivity contribution in [3.8, 4) is 0 Å². The van der Waals surface area contributed by atoms with E-state index in [1.165, 1.54) is 11.1 Å². The summed E-state index contributed by atoms with van der Waals surface area (Å²) in [7, 11) is 0. The van der Waals surface area contributed by atoms with Crippen molar-refractivity contribution in [3.05, 3.63) is 51.8 Å². The summed E-state index contributed by atoms with van der Waals surface area (Å²) in [5, 5.41) is 18.2. The Bertz CT molecular complexity index is 647. The molecule has 1 saturated heterocycles. The van der Waals surface area contributed by atoms with Crippen LogP contribution < -0.4 is 5.32 Å². The van der Waals surface area contributed by atoms with Crippen LogP contribution in [-0.4, -0.2) is 28.2 Å². The van der Waals surface area contributed by atoms with Gasteiger partial charge in [0.05, 0.1) is 11.9 Å². The lowest BCUT2D eigenvalue weighted by molar-refractivity contribution is 0.147. The number of halogens is 1. The second kappa shape index (κ2) is 6.71. The highest BCUT2D eigenvalue weighted by Gasteiger charge is 2.21. The number of hydrogen-bond acceptors (Lipinski definition) is 3. The first-order valence-corrected chi connectivity index (χ1v) is 8.31. The number of rotatable bonds is 4. The van der Waals surface area contributed by atoms with Crippen molar-refractivity contribution in [1.29, 1.82) is 0 Å². The smallest absolute Gasteiger partial charge is 0.0738 e. The van der Waals surface area contributed by atoms with E-state index >= 15 is 0 Å². The van der Waals surface area contributed by atoms with Gasteiger partial charge in [0.2, 0.25) is 0 Å². The summed E-state index contributed by atoms with van der Waals surface area (Å²) >= 11 is 6.19. The third-order valence-electron chi connectivity index (χ3n) is 4.45. The number of nitrogens with one attached hydrogen (secondary N) is 1. The largest absolute Gasteiger partial charge is 0.412 e. The maximum Gasteiger partial charge on any atom is 0.0738 e. The number of piperidine rings is 1. The monoisotopic (exact) mass is 319 g/mol. The van der Waals surface area contributed by atoms with Crippen molar-refractivity contribution in [2.75, 3.05) is 13.1 Å². The van der Waals surface area contributed by atoms with Crippen molar-refractivity contribution in [2.45, 2.75) is 38.5 Å². The fourth-order valence-electron chi connectivity index (χ4n) is 3.22. The Hall–Kier alpha value is -1.52. The van der Waals surface area contributed by atoms with Crippen LogP contribution in [0, 0.1) is 0 Å². The Kier molecular flexibility index (Phi) is 4.69. The standard InChI is InChI=1S/C17H22ClN3O/c1-2-13-9-12(3-4-16(13)18)10-17-15(11-21(22)20-17)14-5-7-19-8-6-14/h3-4,9,11,14,19,22H,2,5-8,10H2,1H3. The van der Waals surface area contributed by atoms with Crippen LogP contribution in [0.4, 0.5) is 0 Å². The van der Waals surface area contributed by atoms with Crippen molar-refractivity contribution >= 4 is 11.6 Å². The predicted molar refractivity (Wildman–Crippen MR) is 87.9 cm³/mol. The predicted octanol–water partition coefficient (Wildman–Crippen LogP) is 3.39. The molecule has 1 aliphatic rings. The zero-order valence-corrected chi connectivity index (χ0v) is 13.6. The van der Waals surface area contributed by atoms with Gasteiger partial charge in [-0.05, 0) is 55.5 Å². The summed E-state index contributed by atoms with van der Waals surface area (Å²) in [6, 6.07) is 6.14. The van der Waals surface area contributed by atoms with Crippen LogP contribution in [0.15, 0.2) is 24.4 Å². The first-order chi connectivity index (χ1) is 10.7. The van der Waals surface area contributed by atoms with Crippen molar-refractivity contribution in [2.24, 2.45) is 0 Å². The molecule has 0 bridgehead atoms. The van der Waals surface area contributed by atoms with Crippen LogP contribution in [0.1, 0.15) is 48.1 Å². The van der Waals surface area contributed by atoms with Gasteiger partial charge in [-0.25, -0.2) is 0 Å². The fraction of sp³-hybridized carbons (Fsp3) is 0.471. The Morgan fingerprint density at radius 1 is 1.36 bits per heavy atom. The Morgan fingerprint density at radius 2 is 2.14 bits per heavy atom.